The number of nitrogen functional groups attached to an aromatic ring is 1. The van der Waals surface area contributed by atoms with E-state index in [4.69, 9.17) is 5.73 Å². The zero-order chi connectivity index (χ0) is 13.8. The van der Waals surface area contributed by atoms with Crippen molar-refractivity contribution in [3.05, 3.63) is 22.7 Å². The molecule has 4 N–H and O–H groups in total. The Bertz CT molecular complexity index is 545. The van der Waals surface area contributed by atoms with Crippen LogP contribution in [0.3, 0.4) is 0 Å². The number of nitrogens with two attached hydrogens (primary N) is 1. The number of benzene rings is 1. The second-order valence-electron chi connectivity index (χ2n) is 3.46. The van der Waals surface area contributed by atoms with Gasteiger partial charge in [0.1, 0.15) is 0 Å². The van der Waals surface area contributed by atoms with Crippen LogP contribution >= 0.6 is 15.9 Å². The normalized spacial score (nSPS) is 11.2. The van der Waals surface area contributed by atoms with Crippen molar-refractivity contribution in [3.63, 3.8) is 0 Å². The number of anilines is 1. The summed E-state index contributed by atoms with van der Waals surface area (Å²) in [7, 11) is -3.72. The van der Waals surface area contributed by atoms with Gasteiger partial charge in [-0.15, -0.1) is 0 Å². The largest absolute Gasteiger partial charge is 0.398 e. The van der Waals surface area contributed by atoms with Gasteiger partial charge >= 0.3 is 0 Å². The molecule has 1 amide bonds. The van der Waals surface area contributed by atoms with Crippen LogP contribution in [0.4, 0.5) is 5.69 Å². The SMILES string of the molecule is CCNC(=O)CNS(=O)(=O)c1ccc(Br)c(N)c1. The average molecular weight is 336 g/mol. The molecule has 0 heterocycles. The van der Waals surface area contributed by atoms with E-state index in [2.05, 4.69) is 26.0 Å². The monoisotopic (exact) mass is 335 g/mol. The second-order valence-corrected chi connectivity index (χ2v) is 6.08. The summed E-state index contributed by atoms with van der Waals surface area (Å²) in [4.78, 5) is 11.2. The van der Waals surface area contributed by atoms with Crippen LogP contribution in [0.15, 0.2) is 27.6 Å². The molecular formula is C10H14BrN3O3S. The maximum atomic E-state index is 11.8. The van der Waals surface area contributed by atoms with E-state index >= 15 is 0 Å². The molecule has 1 aromatic carbocycles. The summed E-state index contributed by atoms with van der Waals surface area (Å²) in [5.41, 5.74) is 5.92. The lowest BCUT2D eigenvalue weighted by Gasteiger charge is -2.08. The molecule has 0 unspecified atom stereocenters. The third kappa shape index (κ3) is 3.97. The quantitative estimate of drug-likeness (QED) is 0.680. The summed E-state index contributed by atoms with van der Waals surface area (Å²) < 4.78 is 26.5. The number of rotatable bonds is 5. The predicted molar refractivity (Wildman–Crippen MR) is 72.4 cm³/mol. The number of likely N-dealkylation sites (N-methyl/N-ethyl adjacent to an activating group) is 1. The van der Waals surface area contributed by atoms with E-state index in [1.54, 1.807) is 6.92 Å². The van der Waals surface area contributed by atoms with Crippen molar-refractivity contribution in [2.45, 2.75) is 11.8 Å². The number of hydrogen-bond donors (Lipinski definition) is 3. The fourth-order valence-corrected chi connectivity index (χ4v) is 2.46. The summed E-state index contributed by atoms with van der Waals surface area (Å²) in [5, 5.41) is 2.49. The number of sulfonamides is 1. The molecule has 0 aliphatic rings. The molecule has 1 rings (SSSR count). The van der Waals surface area contributed by atoms with Gasteiger partial charge in [0.2, 0.25) is 15.9 Å². The first kappa shape index (κ1) is 14.9. The molecule has 0 bridgehead atoms. The minimum absolute atomic E-state index is 0.0208. The Balaban J connectivity index is 2.80. The summed E-state index contributed by atoms with van der Waals surface area (Å²) in [6.07, 6.45) is 0. The van der Waals surface area contributed by atoms with Crippen molar-refractivity contribution < 1.29 is 13.2 Å². The van der Waals surface area contributed by atoms with Crippen molar-refractivity contribution in [1.82, 2.24) is 10.0 Å². The van der Waals surface area contributed by atoms with Gasteiger partial charge in [0.05, 0.1) is 11.4 Å². The lowest BCUT2D eigenvalue weighted by Crippen LogP contribution is -2.36. The van der Waals surface area contributed by atoms with Crippen molar-refractivity contribution in [2.75, 3.05) is 18.8 Å². The van der Waals surface area contributed by atoms with Crippen molar-refractivity contribution in [3.8, 4) is 0 Å². The first-order valence-electron chi connectivity index (χ1n) is 5.18. The minimum Gasteiger partial charge on any atom is -0.398 e. The standard InChI is InChI=1S/C10H14BrN3O3S/c1-2-13-10(15)6-14-18(16,17)7-3-4-8(11)9(12)5-7/h3-5,14H,2,6,12H2,1H3,(H,13,15). The molecule has 100 valence electrons. The van der Waals surface area contributed by atoms with Gasteiger partial charge in [-0.25, -0.2) is 13.1 Å². The van der Waals surface area contributed by atoms with Crippen molar-refractivity contribution in [2.24, 2.45) is 0 Å². The Kier molecular flexibility index (Phi) is 5.12. The third-order valence-electron chi connectivity index (χ3n) is 2.07. The topological polar surface area (TPSA) is 101 Å². The van der Waals surface area contributed by atoms with Gasteiger partial charge < -0.3 is 11.1 Å². The molecule has 1 aromatic rings. The van der Waals surface area contributed by atoms with E-state index < -0.39 is 10.0 Å². The Morgan fingerprint density at radius 2 is 2.11 bits per heavy atom. The molecule has 8 heteroatoms. The molecule has 0 fully saturated rings. The fourth-order valence-electron chi connectivity index (χ4n) is 1.19. The van der Waals surface area contributed by atoms with E-state index in [1.807, 2.05) is 0 Å². The molecule has 6 nitrogen and oxygen atoms in total. The maximum Gasteiger partial charge on any atom is 0.241 e. The van der Waals surface area contributed by atoms with Gasteiger partial charge in [0.25, 0.3) is 0 Å². The van der Waals surface area contributed by atoms with Crippen LogP contribution in [0.1, 0.15) is 6.92 Å². The Hall–Kier alpha value is -1.12. The van der Waals surface area contributed by atoms with Gasteiger partial charge in [-0.05, 0) is 41.1 Å². The molecule has 0 aliphatic heterocycles. The maximum absolute atomic E-state index is 11.8. The fraction of sp³-hybridized carbons (Fsp3) is 0.300. The Morgan fingerprint density at radius 1 is 1.44 bits per heavy atom. The highest BCUT2D eigenvalue weighted by molar-refractivity contribution is 9.10. The summed E-state index contributed by atoms with van der Waals surface area (Å²) in [6.45, 7) is 1.90. The highest BCUT2D eigenvalue weighted by Crippen LogP contribution is 2.22. The zero-order valence-corrected chi connectivity index (χ0v) is 12.1. The lowest BCUT2D eigenvalue weighted by atomic mass is 10.3. The van der Waals surface area contributed by atoms with E-state index in [-0.39, 0.29) is 17.3 Å². The van der Waals surface area contributed by atoms with Crippen molar-refractivity contribution in [1.29, 1.82) is 0 Å². The van der Waals surface area contributed by atoms with Crippen LogP contribution in [0.5, 0.6) is 0 Å². The number of carbonyl (C=O) groups excluding carboxylic acids is 1. The van der Waals surface area contributed by atoms with Gasteiger partial charge in [-0.3, -0.25) is 4.79 Å². The molecule has 0 atom stereocenters. The number of carbonyl (C=O) groups is 1. The first-order valence-corrected chi connectivity index (χ1v) is 7.46. The van der Waals surface area contributed by atoms with Crippen LogP contribution in [0, 0.1) is 0 Å². The van der Waals surface area contributed by atoms with E-state index in [9.17, 15) is 13.2 Å². The molecule has 0 spiro atoms. The van der Waals surface area contributed by atoms with Crippen LogP contribution < -0.4 is 15.8 Å². The molecule has 0 radical (unpaired) electrons. The van der Waals surface area contributed by atoms with Crippen LogP contribution in [-0.2, 0) is 14.8 Å². The zero-order valence-electron chi connectivity index (χ0n) is 9.73. The van der Waals surface area contributed by atoms with E-state index in [1.165, 1.54) is 18.2 Å². The minimum atomic E-state index is -3.72. The number of hydrogen-bond acceptors (Lipinski definition) is 4. The highest BCUT2D eigenvalue weighted by atomic mass is 79.9. The van der Waals surface area contributed by atoms with Gasteiger partial charge in [0, 0.05) is 16.7 Å². The summed E-state index contributed by atoms with van der Waals surface area (Å²) >= 11 is 3.17. The smallest absolute Gasteiger partial charge is 0.241 e. The Morgan fingerprint density at radius 3 is 2.67 bits per heavy atom. The molecule has 18 heavy (non-hydrogen) atoms. The third-order valence-corrected chi connectivity index (χ3v) is 4.20. The molecule has 0 aliphatic carbocycles. The van der Waals surface area contributed by atoms with E-state index in [0.29, 0.717) is 16.7 Å². The van der Waals surface area contributed by atoms with Gasteiger partial charge in [-0.2, -0.15) is 0 Å². The lowest BCUT2D eigenvalue weighted by molar-refractivity contribution is -0.119. The number of amides is 1. The summed E-state index contributed by atoms with van der Waals surface area (Å²) in [5.74, 6) is -0.383. The second kappa shape index (κ2) is 6.17. The predicted octanol–water partition coefficient (Wildman–Crippen LogP) is 0.446. The van der Waals surface area contributed by atoms with Crippen LogP contribution in [0.2, 0.25) is 0 Å². The highest BCUT2D eigenvalue weighted by Gasteiger charge is 2.16. The number of halogens is 1. The molecular weight excluding hydrogens is 322 g/mol. The average Bonchev–Trinajstić information content (AvgIpc) is 2.30. The van der Waals surface area contributed by atoms with E-state index in [0.717, 1.165) is 0 Å². The molecule has 0 saturated heterocycles. The number of nitrogens with one attached hydrogen (secondary N) is 2. The first-order chi connectivity index (χ1) is 8.36. The van der Waals surface area contributed by atoms with Gasteiger partial charge in [0.15, 0.2) is 0 Å². The van der Waals surface area contributed by atoms with Crippen molar-refractivity contribution >= 4 is 37.5 Å². The van der Waals surface area contributed by atoms with Gasteiger partial charge in [-0.1, -0.05) is 0 Å². The van der Waals surface area contributed by atoms with Crippen LogP contribution in [0.25, 0.3) is 0 Å². The summed E-state index contributed by atoms with van der Waals surface area (Å²) in [6, 6.07) is 4.26. The Labute approximate surface area is 114 Å². The van der Waals surface area contributed by atoms with Crippen LogP contribution in [-0.4, -0.2) is 27.4 Å². The molecule has 0 saturated carbocycles. The molecule has 0 aromatic heterocycles.